The standard InChI is InChI=1S/3C5H7NO3.Fe/c3*7-4-2-1-3(6-4)5(8)9;/h3*3H,1-2H2,(H,6,7)(H,8,9);/q;;;+6/p-3. The molecule has 3 fully saturated rings. The molecule has 0 saturated carbocycles. The fourth-order valence-corrected chi connectivity index (χ4v) is 2.37. The summed E-state index contributed by atoms with van der Waals surface area (Å²) < 4.78 is 0. The molecule has 152 valence electrons. The zero-order valence-corrected chi connectivity index (χ0v) is 15.6. The summed E-state index contributed by atoms with van der Waals surface area (Å²) >= 11 is 0. The molecule has 0 aliphatic carbocycles. The number of rotatable bonds is 3. The van der Waals surface area contributed by atoms with E-state index in [1.165, 1.54) is 0 Å². The van der Waals surface area contributed by atoms with Crippen LogP contribution in [0.2, 0.25) is 0 Å². The van der Waals surface area contributed by atoms with Crippen LogP contribution in [0.25, 0.3) is 0 Å². The van der Waals surface area contributed by atoms with Gasteiger partial charge < -0.3 is 45.7 Å². The first kappa shape index (κ1) is 25.3. The van der Waals surface area contributed by atoms with Crippen molar-refractivity contribution in [1.82, 2.24) is 16.0 Å². The molecule has 3 rings (SSSR count). The average molecular weight is 440 g/mol. The van der Waals surface area contributed by atoms with Gasteiger partial charge in [-0.25, -0.2) is 0 Å². The van der Waals surface area contributed by atoms with Gasteiger partial charge in [0.2, 0.25) is 17.7 Å². The first-order chi connectivity index (χ1) is 12.6. The fraction of sp³-hybridized carbons (Fsp3) is 0.600. The Kier molecular flexibility index (Phi) is 10.8. The van der Waals surface area contributed by atoms with E-state index in [4.69, 9.17) is 0 Å². The third-order valence-corrected chi connectivity index (χ3v) is 3.84. The van der Waals surface area contributed by atoms with E-state index >= 15 is 0 Å². The number of aliphatic carboxylic acids is 3. The van der Waals surface area contributed by atoms with Crippen LogP contribution in [0.3, 0.4) is 0 Å². The zero-order valence-electron chi connectivity index (χ0n) is 14.5. The van der Waals surface area contributed by atoms with Crippen LogP contribution in [0.4, 0.5) is 0 Å². The third kappa shape index (κ3) is 8.82. The largest absolute Gasteiger partial charge is 6.00 e. The molecular weight excluding hydrogens is 422 g/mol. The molecule has 0 spiro atoms. The van der Waals surface area contributed by atoms with Gasteiger partial charge >= 0.3 is 17.1 Å². The van der Waals surface area contributed by atoms with Gasteiger partial charge in [-0.1, -0.05) is 0 Å². The summed E-state index contributed by atoms with van der Waals surface area (Å²) in [5, 5.41) is 36.8. The molecule has 0 aromatic rings. The van der Waals surface area contributed by atoms with E-state index in [9.17, 15) is 44.1 Å². The average Bonchev–Trinajstić information content (AvgIpc) is 3.30. The smallest absolute Gasteiger partial charge is 0.548 e. The summed E-state index contributed by atoms with van der Waals surface area (Å²) in [5.74, 6) is -4.19. The number of amides is 3. The Labute approximate surface area is 169 Å². The number of nitrogens with one attached hydrogen (secondary N) is 3. The molecule has 3 N–H and O–H groups in total. The third-order valence-electron chi connectivity index (χ3n) is 3.84. The van der Waals surface area contributed by atoms with Gasteiger partial charge in [-0.2, -0.15) is 0 Å². The molecule has 12 nitrogen and oxygen atoms in total. The number of hydrogen-bond donors (Lipinski definition) is 3. The molecule has 3 aliphatic rings. The van der Waals surface area contributed by atoms with Crippen LogP contribution in [0.1, 0.15) is 38.5 Å². The number of carbonyl (C=O) groups excluding carboxylic acids is 6. The SMILES string of the molecule is O=C1CCC(C(=O)[O-])N1.O=C1CCC(C(=O)[O-])N1.O=C1CCC(C(=O)[O-])N1.[Fe+6]. The second-order valence-electron chi connectivity index (χ2n) is 5.93. The molecule has 3 atom stereocenters. The van der Waals surface area contributed by atoms with Crippen LogP contribution < -0.4 is 31.3 Å². The summed E-state index contributed by atoms with van der Waals surface area (Å²) in [6.45, 7) is 0. The van der Waals surface area contributed by atoms with Crippen molar-refractivity contribution >= 4 is 35.6 Å². The van der Waals surface area contributed by atoms with Gasteiger partial charge in [0.25, 0.3) is 0 Å². The van der Waals surface area contributed by atoms with Crippen LogP contribution >= 0.6 is 0 Å². The van der Waals surface area contributed by atoms with Crippen LogP contribution in [-0.4, -0.2) is 53.8 Å². The molecule has 3 heterocycles. The Hall–Kier alpha value is -2.66. The van der Waals surface area contributed by atoms with Gasteiger partial charge in [0, 0.05) is 19.3 Å². The Morgan fingerprint density at radius 2 is 0.821 bits per heavy atom. The minimum Gasteiger partial charge on any atom is -0.548 e. The molecule has 0 aromatic heterocycles. The van der Waals surface area contributed by atoms with Crippen molar-refractivity contribution in [1.29, 1.82) is 0 Å². The molecule has 0 bridgehead atoms. The summed E-state index contributed by atoms with van der Waals surface area (Å²) in [6.07, 6.45) is 2.00. The van der Waals surface area contributed by atoms with E-state index in [-0.39, 0.29) is 34.8 Å². The maximum absolute atomic E-state index is 10.4. The normalized spacial score (nSPS) is 24.9. The number of carbonyl (C=O) groups is 6. The van der Waals surface area contributed by atoms with E-state index in [0.717, 1.165) is 0 Å². The first-order valence-corrected chi connectivity index (χ1v) is 8.10. The monoisotopic (exact) mass is 440 g/mol. The molecule has 3 unspecified atom stereocenters. The molecule has 28 heavy (non-hydrogen) atoms. The Morgan fingerprint density at radius 1 is 0.607 bits per heavy atom. The van der Waals surface area contributed by atoms with Crippen molar-refractivity contribution in [2.45, 2.75) is 56.7 Å². The van der Waals surface area contributed by atoms with Crippen molar-refractivity contribution in [2.24, 2.45) is 0 Å². The Balaban J connectivity index is 0.000000384. The van der Waals surface area contributed by atoms with Gasteiger partial charge in [-0.3, -0.25) is 14.4 Å². The van der Waals surface area contributed by atoms with Gasteiger partial charge in [0.05, 0.1) is 36.0 Å². The minimum atomic E-state index is -1.19. The summed E-state index contributed by atoms with van der Waals surface area (Å²) in [5.41, 5.74) is 0. The second kappa shape index (κ2) is 11.9. The van der Waals surface area contributed by atoms with Gasteiger partial charge in [-0.05, 0) is 19.3 Å². The van der Waals surface area contributed by atoms with Gasteiger partial charge in [0.15, 0.2) is 0 Å². The topological polar surface area (TPSA) is 208 Å². The Morgan fingerprint density at radius 3 is 0.893 bits per heavy atom. The van der Waals surface area contributed by atoms with E-state index in [2.05, 4.69) is 16.0 Å². The minimum absolute atomic E-state index is 0. The van der Waals surface area contributed by atoms with E-state index in [1.54, 1.807) is 0 Å². The summed E-state index contributed by atoms with van der Waals surface area (Å²) in [4.78, 5) is 61.1. The van der Waals surface area contributed by atoms with E-state index in [0.29, 0.717) is 38.5 Å². The van der Waals surface area contributed by atoms with Gasteiger partial charge in [-0.15, -0.1) is 0 Å². The molecule has 3 saturated heterocycles. The van der Waals surface area contributed by atoms with Crippen LogP contribution in [0, 0.1) is 0 Å². The van der Waals surface area contributed by atoms with E-state index < -0.39 is 36.0 Å². The van der Waals surface area contributed by atoms with E-state index in [1.807, 2.05) is 0 Å². The van der Waals surface area contributed by atoms with Crippen molar-refractivity contribution in [3.8, 4) is 0 Å². The number of hydrogen-bond acceptors (Lipinski definition) is 9. The predicted octanol–water partition coefficient (Wildman–Crippen LogP) is -5.96. The number of carboxylic acids is 3. The first-order valence-electron chi connectivity index (χ1n) is 8.10. The maximum Gasteiger partial charge on any atom is 6.00 e. The molecule has 0 aromatic carbocycles. The van der Waals surface area contributed by atoms with Crippen LogP contribution in [-0.2, 0) is 45.8 Å². The zero-order chi connectivity index (χ0) is 20.6. The molecule has 0 radical (unpaired) electrons. The quantitative estimate of drug-likeness (QED) is 0.356. The fourth-order valence-electron chi connectivity index (χ4n) is 2.37. The summed E-state index contributed by atoms with van der Waals surface area (Å²) in [6, 6.07) is -2.26. The predicted molar refractivity (Wildman–Crippen MR) is 78.5 cm³/mol. The summed E-state index contributed by atoms with van der Waals surface area (Å²) in [7, 11) is 0. The van der Waals surface area contributed by atoms with Crippen LogP contribution in [0.15, 0.2) is 0 Å². The van der Waals surface area contributed by atoms with Crippen LogP contribution in [0.5, 0.6) is 0 Å². The van der Waals surface area contributed by atoms with Crippen molar-refractivity contribution < 1.29 is 61.2 Å². The van der Waals surface area contributed by atoms with Crippen molar-refractivity contribution in [2.75, 3.05) is 0 Å². The van der Waals surface area contributed by atoms with Crippen molar-refractivity contribution in [3.63, 3.8) is 0 Å². The maximum atomic E-state index is 10.4. The molecule has 3 aliphatic heterocycles. The molecule has 13 heteroatoms. The van der Waals surface area contributed by atoms with Crippen molar-refractivity contribution in [3.05, 3.63) is 0 Å². The number of carboxylic acid groups (broad SMARTS) is 3. The Bertz CT molecular complexity index is 555. The second-order valence-corrected chi connectivity index (χ2v) is 5.93. The molecule has 3 amide bonds. The van der Waals surface area contributed by atoms with Gasteiger partial charge in [0.1, 0.15) is 0 Å². The molecular formula is C15H18FeN3O9+3.